The molecule has 0 spiro atoms. The molecule has 0 saturated carbocycles. The maximum atomic E-state index is 5.33. The van der Waals surface area contributed by atoms with Gasteiger partial charge in [0.15, 0.2) is 5.76 Å². The second-order valence-electron chi connectivity index (χ2n) is 5.00. The van der Waals surface area contributed by atoms with E-state index < -0.39 is 0 Å². The van der Waals surface area contributed by atoms with E-state index in [9.17, 15) is 0 Å². The standard InChI is InChI=1S/C13H26N4O/c1-5-6-14-10-12-9-13(18-15-12)11-17(4)8-7-16(2)3/h9,14H,5-8,10-11H2,1-4H3. The molecule has 0 atom stereocenters. The summed E-state index contributed by atoms with van der Waals surface area (Å²) in [5.41, 5.74) is 0.986. The lowest BCUT2D eigenvalue weighted by Gasteiger charge is -2.17. The Morgan fingerprint density at radius 2 is 2.06 bits per heavy atom. The largest absolute Gasteiger partial charge is 0.360 e. The van der Waals surface area contributed by atoms with Crippen molar-refractivity contribution in [2.45, 2.75) is 26.4 Å². The fourth-order valence-electron chi connectivity index (χ4n) is 1.62. The van der Waals surface area contributed by atoms with Crippen molar-refractivity contribution < 1.29 is 4.52 Å². The third-order valence-corrected chi connectivity index (χ3v) is 2.70. The van der Waals surface area contributed by atoms with Crippen LogP contribution >= 0.6 is 0 Å². The van der Waals surface area contributed by atoms with Crippen molar-refractivity contribution in [1.29, 1.82) is 0 Å². The topological polar surface area (TPSA) is 44.5 Å². The number of nitrogens with one attached hydrogen (secondary N) is 1. The number of rotatable bonds is 9. The van der Waals surface area contributed by atoms with Crippen molar-refractivity contribution in [3.63, 3.8) is 0 Å². The van der Waals surface area contributed by atoms with E-state index in [4.69, 9.17) is 4.52 Å². The molecular formula is C13H26N4O. The summed E-state index contributed by atoms with van der Waals surface area (Å²) >= 11 is 0. The molecule has 0 amide bonds. The highest BCUT2D eigenvalue weighted by atomic mass is 16.5. The second kappa shape index (κ2) is 8.24. The summed E-state index contributed by atoms with van der Waals surface area (Å²) in [6.45, 7) is 6.85. The predicted molar refractivity (Wildman–Crippen MR) is 73.4 cm³/mol. The van der Waals surface area contributed by atoms with E-state index >= 15 is 0 Å². The van der Waals surface area contributed by atoms with Gasteiger partial charge in [0.25, 0.3) is 0 Å². The third-order valence-electron chi connectivity index (χ3n) is 2.70. The fourth-order valence-corrected chi connectivity index (χ4v) is 1.62. The number of aromatic nitrogens is 1. The first-order valence-electron chi connectivity index (χ1n) is 6.60. The Morgan fingerprint density at radius 3 is 2.72 bits per heavy atom. The van der Waals surface area contributed by atoms with Crippen molar-refractivity contribution in [2.75, 3.05) is 40.8 Å². The molecule has 1 aromatic heterocycles. The van der Waals surface area contributed by atoms with Gasteiger partial charge in [0, 0.05) is 25.7 Å². The van der Waals surface area contributed by atoms with Crippen LogP contribution in [0.25, 0.3) is 0 Å². The maximum absolute atomic E-state index is 5.33. The van der Waals surface area contributed by atoms with Crippen LogP contribution in [0.3, 0.4) is 0 Å². The van der Waals surface area contributed by atoms with Crippen molar-refractivity contribution in [1.82, 2.24) is 20.3 Å². The molecular weight excluding hydrogens is 228 g/mol. The smallest absolute Gasteiger partial charge is 0.151 e. The van der Waals surface area contributed by atoms with Gasteiger partial charge in [-0.25, -0.2) is 0 Å². The van der Waals surface area contributed by atoms with Gasteiger partial charge in [-0.2, -0.15) is 0 Å². The molecule has 0 unspecified atom stereocenters. The van der Waals surface area contributed by atoms with E-state index in [1.165, 1.54) is 0 Å². The molecule has 18 heavy (non-hydrogen) atoms. The number of hydrogen-bond acceptors (Lipinski definition) is 5. The molecule has 0 aliphatic rings. The maximum Gasteiger partial charge on any atom is 0.151 e. The lowest BCUT2D eigenvalue weighted by Crippen LogP contribution is -2.28. The summed E-state index contributed by atoms with van der Waals surface area (Å²) in [7, 11) is 6.26. The van der Waals surface area contributed by atoms with Gasteiger partial charge >= 0.3 is 0 Å². The molecule has 0 saturated heterocycles. The Hall–Kier alpha value is -0.910. The highest BCUT2D eigenvalue weighted by Crippen LogP contribution is 2.06. The summed E-state index contributed by atoms with van der Waals surface area (Å²) in [6, 6.07) is 2.04. The molecule has 0 fully saturated rings. The number of likely N-dealkylation sites (N-methyl/N-ethyl adjacent to an activating group) is 2. The van der Waals surface area contributed by atoms with E-state index in [0.717, 1.165) is 50.6 Å². The highest BCUT2D eigenvalue weighted by molar-refractivity contribution is 5.04. The first kappa shape index (κ1) is 15.1. The first-order chi connectivity index (χ1) is 8.61. The molecule has 1 heterocycles. The fraction of sp³-hybridized carbons (Fsp3) is 0.769. The second-order valence-corrected chi connectivity index (χ2v) is 5.00. The molecule has 0 aliphatic carbocycles. The van der Waals surface area contributed by atoms with Gasteiger partial charge in [-0.1, -0.05) is 12.1 Å². The van der Waals surface area contributed by atoms with Crippen LogP contribution in [-0.2, 0) is 13.1 Å². The van der Waals surface area contributed by atoms with Crippen LogP contribution in [0.2, 0.25) is 0 Å². The summed E-state index contributed by atoms with van der Waals surface area (Å²) in [5.74, 6) is 0.935. The van der Waals surface area contributed by atoms with E-state index in [-0.39, 0.29) is 0 Å². The molecule has 0 radical (unpaired) electrons. The van der Waals surface area contributed by atoms with Crippen LogP contribution in [0.15, 0.2) is 10.6 Å². The Morgan fingerprint density at radius 1 is 1.28 bits per heavy atom. The lowest BCUT2D eigenvalue weighted by molar-refractivity contribution is 0.245. The van der Waals surface area contributed by atoms with Gasteiger partial charge in [-0.3, -0.25) is 4.90 Å². The van der Waals surface area contributed by atoms with E-state index in [1.54, 1.807) is 0 Å². The van der Waals surface area contributed by atoms with Crippen LogP contribution in [-0.4, -0.2) is 55.7 Å². The summed E-state index contributed by atoms with van der Waals surface area (Å²) in [4.78, 5) is 4.42. The van der Waals surface area contributed by atoms with Crippen LogP contribution in [0.4, 0.5) is 0 Å². The molecule has 0 bridgehead atoms. The van der Waals surface area contributed by atoms with Crippen LogP contribution in [0.1, 0.15) is 24.8 Å². The minimum Gasteiger partial charge on any atom is -0.360 e. The molecule has 1 aromatic rings. The Labute approximate surface area is 110 Å². The molecule has 104 valence electrons. The Bertz CT molecular complexity index is 325. The van der Waals surface area contributed by atoms with Crippen molar-refractivity contribution in [3.05, 3.63) is 17.5 Å². The van der Waals surface area contributed by atoms with Crippen molar-refractivity contribution in [3.8, 4) is 0 Å². The van der Waals surface area contributed by atoms with Crippen LogP contribution in [0.5, 0.6) is 0 Å². The number of hydrogen-bond donors (Lipinski definition) is 1. The molecule has 1 N–H and O–H groups in total. The predicted octanol–water partition coefficient (Wildman–Crippen LogP) is 1.17. The zero-order valence-electron chi connectivity index (χ0n) is 12.1. The summed E-state index contributed by atoms with van der Waals surface area (Å²) < 4.78 is 5.33. The number of nitrogens with zero attached hydrogens (tertiary/aromatic N) is 3. The molecule has 5 nitrogen and oxygen atoms in total. The zero-order valence-corrected chi connectivity index (χ0v) is 12.1. The minimum atomic E-state index is 0.790. The average molecular weight is 254 g/mol. The van der Waals surface area contributed by atoms with Crippen LogP contribution < -0.4 is 5.32 Å². The van der Waals surface area contributed by atoms with Crippen molar-refractivity contribution in [2.24, 2.45) is 0 Å². The molecule has 5 heteroatoms. The van der Waals surface area contributed by atoms with E-state index in [1.807, 2.05) is 6.07 Å². The SMILES string of the molecule is CCCNCc1cc(CN(C)CCN(C)C)on1. The van der Waals surface area contributed by atoms with Gasteiger partial charge < -0.3 is 14.7 Å². The Kier molecular flexibility index (Phi) is 6.93. The lowest BCUT2D eigenvalue weighted by atomic mass is 10.3. The minimum absolute atomic E-state index is 0.790. The normalized spacial score (nSPS) is 11.7. The zero-order chi connectivity index (χ0) is 13.4. The average Bonchev–Trinajstić information content (AvgIpc) is 2.74. The quantitative estimate of drug-likeness (QED) is 0.670. The van der Waals surface area contributed by atoms with Gasteiger partial charge in [-0.15, -0.1) is 0 Å². The van der Waals surface area contributed by atoms with Crippen molar-refractivity contribution >= 4 is 0 Å². The van der Waals surface area contributed by atoms with E-state index in [0.29, 0.717) is 0 Å². The first-order valence-corrected chi connectivity index (χ1v) is 6.60. The molecule has 0 aromatic carbocycles. The highest BCUT2D eigenvalue weighted by Gasteiger charge is 2.07. The molecule has 0 aliphatic heterocycles. The van der Waals surface area contributed by atoms with Crippen LogP contribution in [0, 0.1) is 0 Å². The van der Waals surface area contributed by atoms with Gasteiger partial charge in [0.2, 0.25) is 0 Å². The third kappa shape index (κ3) is 6.14. The van der Waals surface area contributed by atoms with Gasteiger partial charge in [-0.05, 0) is 34.1 Å². The van der Waals surface area contributed by atoms with E-state index in [2.05, 4.69) is 48.3 Å². The monoisotopic (exact) mass is 254 g/mol. The Balaban J connectivity index is 2.29. The van der Waals surface area contributed by atoms with Gasteiger partial charge in [0.1, 0.15) is 0 Å². The molecule has 1 rings (SSSR count). The van der Waals surface area contributed by atoms with Gasteiger partial charge in [0.05, 0.1) is 12.2 Å². The summed E-state index contributed by atoms with van der Waals surface area (Å²) in [6.07, 6.45) is 1.14. The summed E-state index contributed by atoms with van der Waals surface area (Å²) in [5, 5.41) is 7.38.